The fourth-order valence-corrected chi connectivity index (χ4v) is 2.01. The number of amides is 2. The number of piperidine rings is 1. The number of rotatable bonds is 3. The highest BCUT2D eigenvalue weighted by molar-refractivity contribution is 6.53. The molecule has 0 aromatic rings. The number of nitrogens with one attached hydrogen (secondary N) is 1. The predicted octanol–water partition coefficient (Wildman–Crippen LogP) is 0.811. The normalized spacial score (nSPS) is 16.7. The summed E-state index contributed by atoms with van der Waals surface area (Å²) in [5, 5.41) is 11.1. The van der Waals surface area contributed by atoms with E-state index in [4.69, 9.17) is 28.5 Å². The minimum atomic E-state index is -1.03. The van der Waals surface area contributed by atoms with Gasteiger partial charge in [-0.1, -0.05) is 23.2 Å². The van der Waals surface area contributed by atoms with Gasteiger partial charge in [0.05, 0.1) is 6.07 Å². The zero-order valence-electron chi connectivity index (χ0n) is 9.16. The summed E-state index contributed by atoms with van der Waals surface area (Å²) >= 11 is 11.0. The number of nitrogens with zero attached hydrogens (tertiary/aromatic N) is 2. The van der Waals surface area contributed by atoms with Crippen LogP contribution in [0.1, 0.15) is 19.3 Å². The van der Waals surface area contributed by atoms with Gasteiger partial charge in [-0.05, 0) is 12.8 Å². The number of nitriles is 1. The van der Waals surface area contributed by atoms with Crippen molar-refractivity contribution in [3.63, 3.8) is 0 Å². The first-order valence-electron chi connectivity index (χ1n) is 5.28. The Kier molecular flexibility index (Phi) is 5.52. The van der Waals surface area contributed by atoms with Crippen LogP contribution in [0.5, 0.6) is 0 Å². The van der Waals surface area contributed by atoms with E-state index in [9.17, 15) is 9.59 Å². The van der Waals surface area contributed by atoms with Gasteiger partial charge in [0, 0.05) is 19.1 Å². The Bertz CT molecular complexity index is 333. The van der Waals surface area contributed by atoms with Gasteiger partial charge in [-0.15, -0.1) is 0 Å². The fraction of sp³-hybridized carbons (Fsp3) is 0.700. The van der Waals surface area contributed by atoms with Crippen LogP contribution in [0.4, 0.5) is 0 Å². The summed E-state index contributed by atoms with van der Waals surface area (Å²) in [6.45, 7) is 1.04. The van der Waals surface area contributed by atoms with Gasteiger partial charge in [0.1, 0.15) is 6.42 Å². The number of carbonyl (C=O) groups excluding carboxylic acids is 2. The van der Waals surface area contributed by atoms with E-state index in [1.165, 1.54) is 0 Å². The molecule has 0 unspecified atom stereocenters. The van der Waals surface area contributed by atoms with Crippen LogP contribution < -0.4 is 5.32 Å². The summed E-state index contributed by atoms with van der Waals surface area (Å²) in [5.41, 5.74) is 0. The van der Waals surface area contributed by atoms with Crippen molar-refractivity contribution in [2.45, 2.75) is 30.1 Å². The first kappa shape index (κ1) is 14.1. The topological polar surface area (TPSA) is 73.2 Å². The highest BCUT2D eigenvalue weighted by Crippen LogP contribution is 2.14. The average Bonchev–Trinajstić information content (AvgIpc) is 2.29. The molecule has 1 rings (SSSR count). The third kappa shape index (κ3) is 4.41. The van der Waals surface area contributed by atoms with Crippen molar-refractivity contribution in [3.8, 4) is 6.07 Å². The monoisotopic (exact) mass is 277 g/mol. The second-order valence-electron chi connectivity index (χ2n) is 3.80. The average molecular weight is 278 g/mol. The van der Waals surface area contributed by atoms with Crippen molar-refractivity contribution in [2.24, 2.45) is 0 Å². The van der Waals surface area contributed by atoms with E-state index < -0.39 is 4.84 Å². The van der Waals surface area contributed by atoms with Crippen LogP contribution in [-0.2, 0) is 9.59 Å². The first-order valence-corrected chi connectivity index (χ1v) is 6.15. The summed E-state index contributed by atoms with van der Waals surface area (Å²) in [5.74, 6) is -0.569. The molecule has 94 valence electrons. The Labute approximate surface area is 110 Å². The Morgan fingerprint density at radius 1 is 1.41 bits per heavy atom. The van der Waals surface area contributed by atoms with Gasteiger partial charge >= 0.3 is 0 Å². The van der Waals surface area contributed by atoms with Gasteiger partial charge in [-0.3, -0.25) is 9.59 Å². The van der Waals surface area contributed by atoms with Crippen LogP contribution in [-0.4, -0.2) is 40.7 Å². The Morgan fingerprint density at radius 2 is 2.00 bits per heavy atom. The number of halogens is 2. The van der Waals surface area contributed by atoms with Gasteiger partial charge in [-0.2, -0.15) is 5.26 Å². The van der Waals surface area contributed by atoms with E-state index in [1.54, 1.807) is 11.0 Å². The van der Waals surface area contributed by atoms with E-state index >= 15 is 0 Å². The van der Waals surface area contributed by atoms with Crippen molar-refractivity contribution < 1.29 is 9.59 Å². The van der Waals surface area contributed by atoms with Gasteiger partial charge in [0.15, 0.2) is 4.84 Å². The lowest BCUT2D eigenvalue weighted by Crippen LogP contribution is -2.47. The van der Waals surface area contributed by atoms with Crippen molar-refractivity contribution in [1.82, 2.24) is 10.2 Å². The van der Waals surface area contributed by atoms with Crippen molar-refractivity contribution in [2.75, 3.05) is 13.1 Å². The molecule has 1 N–H and O–H groups in total. The van der Waals surface area contributed by atoms with E-state index in [-0.39, 0.29) is 24.3 Å². The summed E-state index contributed by atoms with van der Waals surface area (Å²) in [7, 11) is 0. The fourth-order valence-electron chi connectivity index (χ4n) is 1.73. The standard InChI is InChI=1S/C10H13Cl2N3O2/c11-9(12)10(17)15-5-2-7(3-6-15)14-8(16)1-4-13/h7,9H,1-3,5-6H2,(H,14,16). The molecular weight excluding hydrogens is 265 g/mol. The molecule has 0 saturated carbocycles. The zero-order valence-corrected chi connectivity index (χ0v) is 10.7. The summed E-state index contributed by atoms with van der Waals surface area (Å²) in [6, 6.07) is 1.81. The second kappa shape index (κ2) is 6.67. The van der Waals surface area contributed by atoms with Gasteiger partial charge in [0.25, 0.3) is 5.91 Å². The molecule has 0 bridgehead atoms. The molecule has 1 heterocycles. The smallest absolute Gasteiger partial charge is 0.255 e. The highest BCUT2D eigenvalue weighted by Gasteiger charge is 2.26. The summed E-state index contributed by atoms with van der Waals surface area (Å²) in [4.78, 5) is 23.2. The minimum Gasteiger partial charge on any atom is -0.352 e. The maximum atomic E-state index is 11.5. The SMILES string of the molecule is N#CCC(=O)NC1CCN(C(=O)C(Cl)Cl)CC1. The Hall–Kier alpha value is -0.990. The molecule has 0 aromatic carbocycles. The van der Waals surface area contributed by atoms with Crippen molar-refractivity contribution >= 4 is 35.0 Å². The molecule has 0 aromatic heterocycles. The molecule has 2 amide bonds. The maximum Gasteiger partial charge on any atom is 0.255 e. The summed E-state index contributed by atoms with van der Waals surface area (Å²) < 4.78 is 0. The number of carbonyl (C=O) groups is 2. The Morgan fingerprint density at radius 3 is 2.47 bits per heavy atom. The largest absolute Gasteiger partial charge is 0.352 e. The molecule has 7 heteroatoms. The molecule has 1 saturated heterocycles. The molecule has 0 atom stereocenters. The van der Waals surface area contributed by atoms with Crippen molar-refractivity contribution in [1.29, 1.82) is 5.26 Å². The molecule has 1 fully saturated rings. The van der Waals surface area contributed by atoms with Crippen molar-refractivity contribution in [3.05, 3.63) is 0 Å². The molecule has 5 nitrogen and oxygen atoms in total. The van der Waals surface area contributed by atoms with Crippen LogP contribution in [0.15, 0.2) is 0 Å². The molecule has 1 aliphatic rings. The predicted molar refractivity (Wildman–Crippen MR) is 63.5 cm³/mol. The number of hydrogen-bond acceptors (Lipinski definition) is 3. The van der Waals surface area contributed by atoms with Crippen LogP contribution in [0.3, 0.4) is 0 Å². The first-order chi connectivity index (χ1) is 8.04. The van der Waals surface area contributed by atoms with E-state index in [1.807, 2.05) is 0 Å². The number of hydrogen-bond donors (Lipinski definition) is 1. The van der Waals surface area contributed by atoms with E-state index in [0.29, 0.717) is 25.9 Å². The van der Waals surface area contributed by atoms with Gasteiger partial charge < -0.3 is 10.2 Å². The molecule has 0 aliphatic carbocycles. The highest BCUT2D eigenvalue weighted by atomic mass is 35.5. The molecule has 1 aliphatic heterocycles. The van der Waals surface area contributed by atoms with Crippen LogP contribution >= 0.6 is 23.2 Å². The molecular formula is C10H13Cl2N3O2. The third-order valence-corrected chi connectivity index (χ3v) is 2.97. The lowest BCUT2D eigenvalue weighted by Gasteiger charge is -2.32. The lowest BCUT2D eigenvalue weighted by molar-refractivity contribution is -0.130. The summed E-state index contributed by atoms with van der Waals surface area (Å²) in [6.07, 6.45) is 1.18. The second-order valence-corrected chi connectivity index (χ2v) is 4.90. The van der Waals surface area contributed by atoms with Gasteiger partial charge in [0.2, 0.25) is 5.91 Å². The maximum absolute atomic E-state index is 11.5. The quantitative estimate of drug-likeness (QED) is 0.776. The third-order valence-electron chi connectivity index (χ3n) is 2.60. The molecule has 0 spiro atoms. The molecule has 17 heavy (non-hydrogen) atoms. The van der Waals surface area contributed by atoms with E-state index in [0.717, 1.165) is 0 Å². The number of alkyl halides is 2. The Balaban J connectivity index is 2.34. The van der Waals surface area contributed by atoms with Crippen LogP contribution in [0.2, 0.25) is 0 Å². The van der Waals surface area contributed by atoms with Gasteiger partial charge in [-0.25, -0.2) is 0 Å². The molecule has 0 radical (unpaired) electrons. The zero-order chi connectivity index (χ0) is 12.8. The van der Waals surface area contributed by atoms with E-state index in [2.05, 4.69) is 5.32 Å². The number of likely N-dealkylation sites (tertiary alicyclic amines) is 1. The van der Waals surface area contributed by atoms with Crippen LogP contribution in [0.25, 0.3) is 0 Å². The van der Waals surface area contributed by atoms with Crippen LogP contribution in [0, 0.1) is 11.3 Å². The lowest BCUT2D eigenvalue weighted by atomic mass is 10.0. The minimum absolute atomic E-state index is 0.0176.